The third-order valence-electron chi connectivity index (χ3n) is 4.19. The molecule has 0 spiro atoms. The second-order valence-electron chi connectivity index (χ2n) is 5.60. The topological polar surface area (TPSA) is 42.7 Å². The molecular weight excluding hydrogens is 236 g/mol. The van der Waals surface area contributed by atoms with E-state index in [1.54, 1.807) is 0 Å². The van der Waals surface area contributed by atoms with Crippen LogP contribution in [0.3, 0.4) is 0 Å². The summed E-state index contributed by atoms with van der Waals surface area (Å²) in [6, 6.07) is 6.28. The summed E-state index contributed by atoms with van der Waals surface area (Å²) in [5.74, 6) is 0. The molecule has 0 radical (unpaired) electrons. The molecule has 2 aromatic rings. The van der Waals surface area contributed by atoms with Crippen molar-refractivity contribution in [2.75, 3.05) is 13.1 Å². The molecule has 0 aromatic carbocycles. The standard InChI is InChI=1S/C15H20N4/c1-12(13-5-3-4-7-18-13)19-11-17-9-14(19)15(2)6-8-16-10-15/h3-5,7,9,11-12,16H,6,8,10H2,1-2H3. The first kappa shape index (κ1) is 12.4. The molecular formula is C15H20N4. The summed E-state index contributed by atoms with van der Waals surface area (Å²) >= 11 is 0. The van der Waals surface area contributed by atoms with Crippen LogP contribution in [0.1, 0.15) is 37.7 Å². The Morgan fingerprint density at radius 1 is 1.42 bits per heavy atom. The van der Waals surface area contributed by atoms with Crippen molar-refractivity contribution in [2.24, 2.45) is 0 Å². The van der Waals surface area contributed by atoms with Gasteiger partial charge in [0.25, 0.3) is 0 Å². The van der Waals surface area contributed by atoms with E-state index < -0.39 is 0 Å². The predicted octanol–water partition coefficient (Wildman–Crippen LogP) is 2.14. The Labute approximate surface area is 113 Å². The zero-order valence-corrected chi connectivity index (χ0v) is 11.5. The minimum atomic E-state index is 0.180. The van der Waals surface area contributed by atoms with Crippen LogP contribution < -0.4 is 5.32 Å². The predicted molar refractivity (Wildman–Crippen MR) is 75.1 cm³/mol. The van der Waals surface area contributed by atoms with Crippen LogP contribution in [0, 0.1) is 0 Å². The fourth-order valence-electron chi connectivity index (χ4n) is 2.88. The number of rotatable bonds is 3. The molecule has 0 saturated carbocycles. The van der Waals surface area contributed by atoms with Crippen molar-refractivity contribution < 1.29 is 0 Å². The third-order valence-corrected chi connectivity index (χ3v) is 4.19. The highest BCUT2D eigenvalue weighted by Crippen LogP contribution is 2.32. The van der Waals surface area contributed by atoms with Gasteiger partial charge in [-0.05, 0) is 32.0 Å². The maximum atomic E-state index is 4.46. The number of hydrogen-bond donors (Lipinski definition) is 1. The maximum absolute atomic E-state index is 4.46. The second kappa shape index (κ2) is 4.78. The van der Waals surface area contributed by atoms with Crippen LogP contribution in [0.25, 0.3) is 0 Å². The Morgan fingerprint density at radius 3 is 3.00 bits per heavy atom. The van der Waals surface area contributed by atoms with E-state index in [-0.39, 0.29) is 11.5 Å². The Hall–Kier alpha value is -1.68. The average molecular weight is 256 g/mol. The van der Waals surface area contributed by atoms with Crippen LogP contribution in [0.15, 0.2) is 36.9 Å². The molecule has 2 atom stereocenters. The highest BCUT2D eigenvalue weighted by molar-refractivity contribution is 5.21. The van der Waals surface area contributed by atoms with Crippen molar-refractivity contribution in [2.45, 2.75) is 31.7 Å². The Bertz CT molecular complexity index is 540. The van der Waals surface area contributed by atoms with Crippen molar-refractivity contribution in [3.05, 3.63) is 48.3 Å². The van der Waals surface area contributed by atoms with Gasteiger partial charge >= 0.3 is 0 Å². The molecule has 19 heavy (non-hydrogen) atoms. The van der Waals surface area contributed by atoms with Crippen molar-refractivity contribution in [3.63, 3.8) is 0 Å². The Balaban J connectivity index is 1.96. The van der Waals surface area contributed by atoms with Crippen LogP contribution in [0.5, 0.6) is 0 Å². The summed E-state index contributed by atoms with van der Waals surface area (Å²) in [6.45, 7) is 6.60. The highest BCUT2D eigenvalue weighted by Gasteiger charge is 2.34. The zero-order valence-electron chi connectivity index (χ0n) is 11.5. The molecule has 4 nitrogen and oxygen atoms in total. The average Bonchev–Trinajstić information content (AvgIpc) is 3.08. The van der Waals surface area contributed by atoms with E-state index in [1.807, 2.05) is 30.9 Å². The quantitative estimate of drug-likeness (QED) is 0.915. The van der Waals surface area contributed by atoms with Crippen LogP contribution in [-0.4, -0.2) is 27.6 Å². The molecule has 1 aliphatic heterocycles. The van der Waals surface area contributed by atoms with E-state index >= 15 is 0 Å². The minimum Gasteiger partial charge on any atom is -0.325 e. The molecule has 1 N–H and O–H groups in total. The first-order chi connectivity index (χ1) is 9.21. The molecule has 3 heterocycles. The SMILES string of the molecule is CC(c1ccccn1)n1cncc1C1(C)CCNC1. The van der Waals surface area contributed by atoms with Gasteiger partial charge in [-0.2, -0.15) is 0 Å². The van der Waals surface area contributed by atoms with Gasteiger partial charge in [0.1, 0.15) is 0 Å². The van der Waals surface area contributed by atoms with Gasteiger partial charge in [-0.1, -0.05) is 13.0 Å². The molecule has 0 bridgehead atoms. The number of nitrogens with zero attached hydrogens (tertiary/aromatic N) is 3. The van der Waals surface area contributed by atoms with Crippen molar-refractivity contribution in [1.82, 2.24) is 19.9 Å². The summed E-state index contributed by atoms with van der Waals surface area (Å²) < 4.78 is 2.26. The van der Waals surface area contributed by atoms with E-state index in [1.165, 1.54) is 5.69 Å². The molecule has 2 unspecified atom stereocenters. The third kappa shape index (κ3) is 2.16. The summed E-state index contributed by atoms with van der Waals surface area (Å²) in [7, 11) is 0. The molecule has 0 aliphatic carbocycles. The van der Waals surface area contributed by atoms with Crippen LogP contribution in [0.2, 0.25) is 0 Å². The normalized spacial score (nSPS) is 24.5. The monoisotopic (exact) mass is 256 g/mol. The van der Waals surface area contributed by atoms with Gasteiger partial charge in [0.05, 0.1) is 18.1 Å². The minimum absolute atomic E-state index is 0.180. The van der Waals surface area contributed by atoms with Gasteiger partial charge in [-0.15, -0.1) is 0 Å². The highest BCUT2D eigenvalue weighted by atomic mass is 15.1. The second-order valence-corrected chi connectivity index (χ2v) is 5.60. The largest absolute Gasteiger partial charge is 0.325 e. The summed E-state index contributed by atoms with van der Waals surface area (Å²) in [5.41, 5.74) is 2.56. The van der Waals surface area contributed by atoms with Crippen LogP contribution in [0.4, 0.5) is 0 Å². The van der Waals surface area contributed by atoms with Gasteiger partial charge < -0.3 is 9.88 Å². The molecule has 3 rings (SSSR count). The molecule has 0 amide bonds. The Morgan fingerprint density at radius 2 is 2.32 bits per heavy atom. The lowest BCUT2D eigenvalue weighted by molar-refractivity contribution is 0.457. The van der Waals surface area contributed by atoms with Crippen LogP contribution in [-0.2, 0) is 5.41 Å². The molecule has 4 heteroatoms. The summed E-state index contributed by atoms with van der Waals surface area (Å²) in [5, 5.41) is 3.45. The lowest BCUT2D eigenvalue weighted by atomic mass is 9.86. The van der Waals surface area contributed by atoms with Gasteiger partial charge in [0.2, 0.25) is 0 Å². The molecule has 1 saturated heterocycles. The maximum Gasteiger partial charge on any atom is 0.0954 e. The molecule has 1 aliphatic rings. The van der Waals surface area contributed by atoms with Gasteiger partial charge in [0.15, 0.2) is 0 Å². The Kier molecular flexibility index (Phi) is 3.11. The first-order valence-corrected chi connectivity index (χ1v) is 6.85. The van der Waals surface area contributed by atoms with E-state index in [0.717, 1.165) is 25.2 Å². The van der Waals surface area contributed by atoms with E-state index in [0.29, 0.717) is 0 Å². The lowest BCUT2D eigenvalue weighted by Gasteiger charge is -2.27. The first-order valence-electron chi connectivity index (χ1n) is 6.85. The van der Waals surface area contributed by atoms with Gasteiger partial charge in [0, 0.05) is 30.0 Å². The molecule has 100 valence electrons. The van der Waals surface area contributed by atoms with Crippen molar-refractivity contribution >= 4 is 0 Å². The van der Waals surface area contributed by atoms with Crippen LogP contribution >= 0.6 is 0 Å². The van der Waals surface area contributed by atoms with Gasteiger partial charge in [-0.3, -0.25) is 4.98 Å². The summed E-state index contributed by atoms with van der Waals surface area (Å²) in [6.07, 6.45) is 6.94. The fourth-order valence-corrected chi connectivity index (χ4v) is 2.88. The molecule has 2 aromatic heterocycles. The molecule has 1 fully saturated rings. The lowest BCUT2D eigenvalue weighted by Crippen LogP contribution is -2.29. The number of hydrogen-bond acceptors (Lipinski definition) is 3. The van der Waals surface area contributed by atoms with E-state index in [4.69, 9.17) is 0 Å². The zero-order chi connectivity index (χ0) is 13.3. The number of pyridine rings is 1. The van der Waals surface area contributed by atoms with Crippen molar-refractivity contribution in [3.8, 4) is 0 Å². The number of nitrogens with one attached hydrogen (secondary N) is 1. The fraction of sp³-hybridized carbons (Fsp3) is 0.467. The number of aromatic nitrogens is 3. The van der Waals surface area contributed by atoms with Gasteiger partial charge in [-0.25, -0.2) is 4.98 Å². The van der Waals surface area contributed by atoms with E-state index in [9.17, 15) is 0 Å². The number of imidazole rings is 1. The van der Waals surface area contributed by atoms with Crippen molar-refractivity contribution in [1.29, 1.82) is 0 Å². The smallest absolute Gasteiger partial charge is 0.0954 e. The summed E-state index contributed by atoms with van der Waals surface area (Å²) in [4.78, 5) is 8.83. The van der Waals surface area contributed by atoms with E-state index in [2.05, 4.69) is 39.8 Å².